The van der Waals surface area contributed by atoms with Gasteiger partial charge in [-0.3, -0.25) is 0 Å². The minimum absolute atomic E-state index is 0.732. The zero-order valence-corrected chi connectivity index (χ0v) is 5.94. The third-order valence-corrected chi connectivity index (χ3v) is 1.75. The number of fused-ring (bicyclic) bond motifs is 1. The fraction of sp³-hybridized carbons (Fsp3) is 0. The molecule has 1 heterocycles. The molecule has 0 atom stereocenters. The van der Waals surface area contributed by atoms with Gasteiger partial charge in [-0.05, 0) is 12.1 Å². The quantitative estimate of drug-likeness (QED) is 0.594. The summed E-state index contributed by atoms with van der Waals surface area (Å²) >= 11 is 5.81. The number of hydrogen-bond donors (Lipinski definition) is 1. The Kier molecular flexibility index (Phi) is 1.18. The largest absolute Gasteiger partial charge is 0.360 e. The van der Waals surface area contributed by atoms with E-state index in [1.807, 2.05) is 18.2 Å². The first-order chi connectivity index (χ1) is 4.88. The molecule has 1 N–H and O–H groups in total. The second-order valence-electron chi connectivity index (χ2n) is 2.10. The molecule has 1 radical (unpaired) electrons. The van der Waals surface area contributed by atoms with Crippen molar-refractivity contribution in [3.63, 3.8) is 0 Å². The minimum atomic E-state index is 0.732. The number of H-pyrrole nitrogens is 1. The van der Waals surface area contributed by atoms with Crippen LogP contribution in [0.4, 0.5) is 0 Å². The lowest BCUT2D eigenvalue weighted by Gasteiger charge is -1.84. The highest BCUT2D eigenvalue weighted by atomic mass is 35.5. The molecule has 0 aliphatic rings. The molecule has 0 aliphatic carbocycles. The van der Waals surface area contributed by atoms with Crippen LogP contribution in [0.5, 0.6) is 0 Å². The zero-order chi connectivity index (χ0) is 6.97. The van der Waals surface area contributed by atoms with Gasteiger partial charge in [-0.25, -0.2) is 0 Å². The van der Waals surface area contributed by atoms with Gasteiger partial charge in [0.15, 0.2) is 0 Å². The molecule has 2 rings (SSSR count). The maximum absolute atomic E-state index is 5.81. The van der Waals surface area contributed by atoms with Gasteiger partial charge in [0.1, 0.15) is 0 Å². The van der Waals surface area contributed by atoms with Crippen LogP contribution in [0.15, 0.2) is 24.4 Å². The molecule has 0 unspecified atom stereocenters. The lowest BCUT2D eigenvalue weighted by atomic mass is 10.3. The van der Waals surface area contributed by atoms with Gasteiger partial charge in [-0.1, -0.05) is 23.7 Å². The van der Waals surface area contributed by atoms with Gasteiger partial charge in [0.05, 0.1) is 5.02 Å². The minimum Gasteiger partial charge on any atom is -0.360 e. The molecule has 1 nitrogen and oxygen atoms in total. The Hall–Kier alpha value is -0.950. The van der Waals surface area contributed by atoms with Crippen molar-refractivity contribution in [2.75, 3.05) is 0 Å². The van der Waals surface area contributed by atoms with E-state index in [0.29, 0.717) is 0 Å². The summed E-state index contributed by atoms with van der Waals surface area (Å²) in [6.07, 6.45) is 1.77. The summed E-state index contributed by atoms with van der Waals surface area (Å²) in [7, 11) is 0. The molecule has 0 saturated heterocycles. The molecule has 0 saturated carbocycles. The van der Waals surface area contributed by atoms with Crippen molar-refractivity contribution < 1.29 is 0 Å². The number of aromatic nitrogens is 1. The summed E-state index contributed by atoms with van der Waals surface area (Å²) in [5.41, 5.74) is 1.03. The van der Waals surface area contributed by atoms with Crippen LogP contribution in [-0.2, 0) is 0 Å². The molecule has 0 spiro atoms. The zero-order valence-electron chi connectivity index (χ0n) is 5.19. The smallest absolute Gasteiger partial charge is 0.0665 e. The van der Waals surface area contributed by atoms with E-state index in [0.717, 1.165) is 15.9 Å². The molecule has 49 valence electrons. The number of halogens is 1. The second kappa shape index (κ2) is 2.03. The van der Waals surface area contributed by atoms with Crippen LogP contribution in [-0.4, -0.2) is 4.98 Å². The number of rotatable bonds is 0. The highest BCUT2D eigenvalue weighted by Crippen LogP contribution is 2.20. The molecule has 0 aliphatic heterocycles. The molecular formula is C8H5ClN. The lowest BCUT2D eigenvalue weighted by molar-refractivity contribution is 1.48. The monoisotopic (exact) mass is 150 g/mol. The first-order valence-corrected chi connectivity index (χ1v) is 3.39. The van der Waals surface area contributed by atoms with Crippen molar-refractivity contribution in [2.24, 2.45) is 0 Å². The van der Waals surface area contributed by atoms with Crippen molar-refractivity contribution in [3.05, 3.63) is 35.5 Å². The molecule has 0 bridgehead atoms. The van der Waals surface area contributed by atoms with Gasteiger partial charge in [0.2, 0.25) is 0 Å². The Balaban J connectivity index is 2.93. The fourth-order valence-corrected chi connectivity index (χ4v) is 1.18. The highest BCUT2D eigenvalue weighted by Gasteiger charge is 1.97. The Labute approximate surface area is 63.6 Å². The van der Waals surface area contributed by atoms with Crippen molar-refractivity contribution in [1.29, 1.82) is 0 Å². The summed E-state index contributed by atoms with van der Waals surface area (Å²) in [5.74, 6) is 0. The standard InChI is InChI=1S/C8H5ClN/c9-7-5-10-8-4-2-1-3-6(7)8/h1-2,4-5,10H. The van der Waals surface area contributed by atoms with E-state index >= 15 is 0 Å². The Morgan fingerprint density at radius 3 is 3.20 bits per heavy atom. The molecule has 2 aromatic rings. The molecule has 1 aromatic heterocycles. The van der Waals surface area contributed by atoms with E-state index in [-0.39, 0.29) is 0 Å². The lowest BCUT2D eigenvalue weighted by Crippen LogP contribution is -1.63. The van der Waals surface area contributed by atoms with E-state index in [2.05, 4.69) is 11.1 Å². The van der Waals surface area contributed by atoms with Crippen molar-refractivity contribution in [3.8, 4) is 0 Å². The van der Waals surface area contributed by atoms with Gasteiger partial charge in [-0.2, -0.15) is 0 Å². The number of nitrogens with one attached hydrogen (secondary N) is 1. The fourth-order valence-electron chi connectivity index (χ4n) is 0.968. The predicted molar refractivity (Wildman–Crippen MR) is 42.1 cm³/mol. The summed E-state index contributed by atoms with van der Waals surface area (Å²) in [5, 5.41) is 1.69. The molecule has 0 amide bonds. The van der Waals surface area contributed by atoms with Crippen LogP contribution in [0.3, 0.4) is 0 Å². The van der Waals surface area contributed by atoms with Crippen LogP contribution >= 0.6 is 11.6 Å². The van der Waals surface area contributed by atoms with Crippen molar-refractivity contribution in [2.45, 2.75) is 0 Å². The van der Waals surface area contributed by atoms with Gasteiger partial charge in [-0.15, -0.1) is 0 Å². The molecule has 2 heteroatoms. The van der Waals surface area contributed by atoms with E-state index in [9.17, 15) is 0 Å². The second-order valence-corrected chi connectivity index (χ2v) is 2.50. The summed E-state index contributed by atoms with van der Waals surface area (Å²) in [6, 6.07) is 8.78. The number of aromatic amines is 1. The molecule has 1 aromatic carbocycles. The highest BCUT2D eigenvalue weighted by molar-refractivity contribution is 6.35. The van der Waals surface area contributed by atoms with E-state index < -0.39 is 0 Å². The van der Waals surface area contributed by atoms with E-state index in [4.69, 9.17) is 11.6 Å². The maximum Gasteiger partial charge on any atom is 0.0665 e. The Morgan fingerprint density at radius 2 is 2.40 bits per heavy atom. The average molecular weight is 151 g/mol. The average Bonchev–Trinajstić information content (AvgIpc) is 2.34. The van der Waals surface area contributed by atoms with Crippen molar-refractivity contribution in [1.82, 2.24) is 4.98 Å². The van der Waals surface area contributed by atoms with Gasteiger partial charge in [0.25, 0.3) is 0 Å². The Bertz CT molecular complexity index is 351. The normalized spacial score (nSPS) is 10.5. The molecule has 10 heavy (non-hydrogen) atoms. The SMILES string of the molecule is Clc1c[nH]c2ccc[c]c12. The van der Waals surface area contributed by atoms with Crippen molar-refractivity contribution >= 4 is 22.5 Å². The van der Waals surface area contributed by atoms with E-state index in [1.165, 1.54) is 0 Å². The third-order valence-electron chi connectivity index (χ3n) is 1.45. The van der Waals surface area contributed by atoms with Crippen LogP contribution in [0.2, 0.25) is 5.02 Å². The van der Waals surface area contributed by atoms with Gasteiger partial charge < -0.3 is 4.98 Å². The van der Waals surface area contributed by atoms with Gasteiger partial charge in [0, 0.05) is 17.1 Å². The third kappa shape index (κ3) is 0.711. The maximum atomic E-state index is 5.81. The van der Waals surface area contributed by atoms with Crippen LogP contribution in [0.1, 0.15) is 0 Å². The first-order valence-electron chi connectivity index (χ1n) is 3.01. The van der Waals surface area contributed by atoms with E-state index in [1.54, 1.807) is 6.20 Å². The van der Waals surface area contributed by atoms with Crippen LogP contribution in [0, 0.1) is 6.07 Å². The van der Waals surface area contributed by atoms with Crippen LogP contribution in [0.25, 0.3) is 10.9 Å². The topological polar surface area (TPSA) is 15.8 Å². The van der Waals surface area contributed by atoms with Gasteiger partial charge >= 0.3 is 0 Å². The molecular weight excluding hydrogens is 146 g/mol. The summed E-state index contributed by atoms with van der Waals surface area (Å²) in [4.78, 5) is 3.02. The molecule has 0 fully saturated rings. The number of hydrogen-bond acceptors (Lipinski definition) is 0. The summed E-state index contributed by atoms with van der Waals surface area (Å²) in [6.45, 7) is 0. The number of benzene rings is 1. The Morgan fingerprint density at radius 1 is 1.50 bits per heavy atom. The summed E-state index contributed by atoms with van der Waals surface area (Å²) < 4.78 is 0. The first kappa shape index (κ1) is 5.81. The van der Waals surface area contributed by atoms with Crippen LogP contribution < -0.4 is 0 Å². The predicted octanol–water partition coefficient (Wildman–Crippen LogP) is 2.62.